The van der Waals surface area contributed by atoms with Crippen molar-refractivity contribution in [2.24, 2.45) is 5.73 Å². The first kappa shape index (κ1) is 11.7. The van der Waals surface area contributed by atoms with Crippen LogP contribution in [0.15, 0.2) is 30.1 Å². The standard InChI is InChI=1S/C10H9F2N3OS/c11-5-1-2-6(12)7(3-5)15-8(13)4-9(16)14-10(15)17/h1-4,10,17H,13H2,(H,14,16). The number of benzene rings is 1. The molecule has 2 rings (SSSR count). The maximum atomic E-state index is 13.6. The minimum absolute atomic E-state index is 0.00162. The molecule has 1 aromatic carbocycles. The second kappa shape index (κ2) is 4.25. The number of hydrogen-bond donors (Lipinski definition) is 3. The summed E-state index contributed by atoms with van der Waals surface area (Å²) in [6, 6.07) is 2.96. The van der Waals surface area contributed by atoms with Crippen molar-refractivity contribution in [2.45, 2.75) is 5.50 Å². The minimum atomic E-state index is -0.844. The van der Waals surface area contributed by atoms with Crippen LogP contribution >= 0.6 is 12.6 Å². The molecule has 7 heteroatoms. The van der Waals surface area contributed by atoms with Crippen molar-refractivity contribution in [3.63, 3.8) is 0 Å². The average molecular weight is 257 g/mol. The van der Waals surface area contributed by atoms with Gasteiger partial charge >= 0.3 is 0 Å². The highest BCUT2D eigenvalue weighted by Gasteiger charge is 2.26. The van der Waals surface area contributed by atoms with Gasteiger partial charge in [0.05, 0.1) is 5.69 Å². The van der Waals surface area contributed by atoms with Gasteiger partial charge in [-0.25, -0.2) is 8.78 Å². The third-order valence-corrected chi connectivity index (χ3v) is 2.60. The zero-order valence-electron chi connectivity index (χ0n) is 8.52. The molecule has 1 amide bonds. The normalized spacial score (nSPS) is 19.9. The van der Waals surface area contributed by atoms with E-state index in [1.165, 1.54) is 4.90 Å². The smallest absolute Gasteiger partial charge is 0.249 e. The third kappa shape index (κ3) is 2.19. The fourth-order valence-electron chi connectivity index (χ4n) is 1.52. The van der Waals surface area contributed by atoms with Crippen LogP contribution in [-0.2, 0) is 4.79 Å². The molecule has 17 heavy (non-hydrogen) atoms. The number of nitrogens with zero attached hydrogens (tertiary/aromatic N) is 1. The van der Waals surface area contributed by atoms with Crippen LogP contribution in [0, 0.1) is 11.6 Å². The Balaban J connectivity index is 2.48. The SMILES string of the molecule is NC1=CC(=O)NC(S)N1c1cc(F)ccc1F. The van der Waals surface area contributed by atoms with Crippen molar-refractivity contribution >= 4 is 24.2 Å². The molecule has 90 valence electrons. The van der Waals surface area contributed by atoms with E-state index in [4.69, 9.17) is 5.73 Å². The highest BCUT2D eigenvalue weighted by Crippen LogP contribution is 2.26. The fraction of sp³-hybridized carbons (Fsp3) is 0.100. The zero-order valence-corrected chi connectivity index (χ0v) is 9.42. The number of carbonyl (C=O) groups excluding carboxylic acids is 1. The minimum Gasteiger partial charge on any atom is -0.385 e. The number of rotatable bonds is 1. The molecule has 0 saturated heterocycles. The third-order valence-electron chi connectivity index (χ3n) is 2.24. The highest BCUT2D eigenvalue weighted by molar-refractivity contribution is 7.81. The Morgan fingerprint density at radius 2 is 2.12 bits per heavy atom. The largest absolute Gasteiger partial charge is 0.385 e. The molecule has 0 saturated carbocycles. The summed E-state index contributed by atoms with van der Waals surface area (Å²) in [6.07, 6.45) is 1.08. The number of halogens is 2. The summed E-state index contributed by atoms with van der Waals surface area (Å²) in [7, 11) is 0. The van der Waals surface area contributed by atoms with Gasteiger partial charge in [-0.15, -0.1) is 12.6 Å². The first-order chi connectivity index (χ1) is 7.99. The van der Waals surface area contributed by atoms with Gasteiger partial charge < -0.3 is 11.1 Å². The maximum Gasteiger partial charge on any atom is 0.249 e. The molecule has 1 aliphatic heterocycles. The van der Waals surface area contributed by atoms with E-state index in [1.807, 2.05) is 0 Å². The Morgan fingerprint density at radius 3 is 2.76 bits per heavy atom. The van der Waals surface area contributed by atoms with E-state index in [0.29, 0.717) is 0 Å². The van der Waals surface area contributed by atoms with E-state index in [1.54, 1.807) is 0 Å². The molecule has 1 heterocycles. The molecule has 0 fully saturated rings. The Bertz CT molecular complexity index is 506. The predicted molar refractivity (Wildman–Crippen MR) is 62.0 cm³/mol. The maximum absolute atomic E-state index is 13.6. The van der Waals surface area contributed by atoms with Gasteiger partial charge in [-0.3, -0.25) is 9.69 Å². The summed E-state index contributed by atoms with van der Waals surface area (Å²) in [5.74, 6) is -1.70. The molecule has 1 aromatic rings. The second-order valence-corrected chi connectivity index (χ2v) is 3.91. The Morgan fingerprint density at radius 1 is 1.41 bits per heavy atom. The molecular formula is C10H9F2N3OS. The van der Waals surface area contributed by atoms with Crippen molar-refractivity contribution in [1.82, 2.24) is 5.32 Å². The van der Waals surface area contributed by atoms with Crippen molar-refractivity contribution in [1.29, 1.82) is 0 Å². The van der Waals surface area contributed by atoms with E-state index in [2.05, 4.69) is 17.9 Å². The monoisotopic (exact) mass is 257 g/mol. The van der Waals surface area contributed by atoms with Gasteiger partial charge in [0.2, 0.25) is 5.91 Å². The molecule has 0 spiro atoms. The lowest BCUT2D eigenvalue weighted by atomic mass is 10.2. The van der Waals surface area contributed by atoms with Crippen LogP contribution in [0.5, 0.6) is 0 Å². The summed E-state index contributed by atoms with van der Waals surface area (Å²) < 4.78 is 26.6. The quantitative estimate of drug-likeness (QED) is 0.656. The van der Waals surface area contributed by atoms with E-state index >= 15 is 0 Å². The topological polar surface area (TPSA) is 58.4 Å². The predicted octanol–water partition coefficient (Wildman–Crippen LogP) is 0.915. The molecule has 0 aliphatic carbocycles. The van der Waals surface area contributed by atoms with Crippen LogP contribution < -0.4 is 16.0 Å². The van der Waals surface area contributed by atoms with Crippen molar-refractivity contribution in [2.75, 3.05) is 4.90 Å². The number of amides is 1. The molecule has 3 N–H and O–H groups in total. The fourth-order valence-corrected chi connectivity index (χ4v) is 1.90. The summed E-state index contributed by atoms with van der Waals surface area (Å²) in [4.78, 5) is 12.3. The van der Waals surface area contributed by atoms with Gasteiger partial charge in [0.15, 0.2) is 5.50 Å². The van der Waals surface area contributed by atoms with Crippen LogP contribution in [0.25, 0.3) is 0 Å². The number of thiol groups is 1. The van der Waals surface area contributed by atoms with Gasteiger partial charge in [-0.2, -0.15) is 0 Å². The van der Waals surface area contributed by atoms with Crippen LogP contribution in [0.1, 0.15) is 0 Å². The van der Waals surface area contributed by atoms with Gasteiger partial charge in [-0.05, 0) is 12.1 Å². The van der Waals surface area contributed by atoms with E-state index in [-0.39, 0.29) is 11.5 Å². The lowest BCUT2D eigenvalue weighted by molar-refractivity contribution is -0.117. The van der Waals surface area contributed by atoms with Gasteiger partial charge in [0, 0.05) is 12.1 Å². The van der Waals surface area contributed by atoms with E-state index in [9.17, 15) is 13.6 Å². The van der Waals surface area contributed by atoms with Crippen molar-refractivity contribution in [3.8, 4) is 0 Å². The van der Waals surface area contributed by atoms with Gasteiger partial charge in [-0.1, -0.05) is 0 Å². The Hall–Kier alpha value is -1.76. The number of carbonyl (C=O) groups is 1. The molecule has 1 atom stereocenters. The zero-order chi connectivity index (χ0) is 12.6. The number of nitrogens with one attached hydrogen (secondary N) is 1. The first-order valence-electron chi connectivity index (χ1n) is 4.69. The summed E-state index contributed by atoms with van der Waals surface area (Å²) in [6.45, 7) is 0. The molecule has 1 unspecified atom stereocenters. The van der Waals surface area contributed by atoms with Crippen LogP contribution in [0.4, 0.5) is 14.5 Å². The summed E-state index contributed by atoms with van der Waals surface area (Å²) in [5, 5.41) is 2.41. The highest BCUT2D eigenvalue weighted by atomic mass is 32.1. The summed E-state index contributed by atoms with van der Waals surface area (Å²) >= 11 is 4.05. The van der Waals surface area contributed by atoms with Gasteiger partial charge in [0.1, 0.15) is 17.5 Å². The molecule has 0 aromatic heterocycles. The average Bonchev–Trinajstić information content (AvgIpc) is 2.21. The molecule has 0 radical (unpaired) electrons. The van der Waals surface area contributed by atoms with E-state index in [0.717, 1.165) is 24.3 Å². The lowest BCUT2D eigenvalue weighted by Gasteiger charge is -2.33. The molecule has 1 aliphatic rings. The number of nitrogens with two attached hydrogens (primary N) is 1. The molecule has 4 nitrogen and oxygen atoms in total. The number of anilines is 1. The van der Waals surface area contributed by atoms with Crippen LogP contribution in [0.2, 0.25) is 0 Å². The van der Waals surface area contributed by atoms with Crippen LogP contribution in [0.3, 0.4) is 0 Å². The van der Waals surface area contributed by atoms with Crippen molar-refractivity contribution in [3.05, 3.63) is 41.7 Å². The lowest BCUT2D eigenvalue weighted by Crippen LogP contribution is -2.50. The van der Waals surface area contributed by atoms with Gasteiger partial charge in [0.25, 0.3) is 0 Å². The first-order valence-corrected chi connectivity index (χ1v) is 5.20. The molecule has 0 bridgehead atoms. The van der Waals surface area contributed by atoms with E-state index < -0.39 is 23.0 Å². The second-order valence-electron chi connectivity index (χ2n) is 3.42. The number of hydrogen-bond acceptors (Lipinski definition) is 4. The Kier molecular flexibility index (Phi) is 2.93. The van der Waals surface area contributed by atoms with Crippen LogP contribution in [-0.4, -0.2) is 11.4 Å². The van der Waals surface area contributed by atoms with Crippen molar-refractivity contribution < 1.29 is 13.6 Å². The molecular weight excluding hydrogens is 248 g/mol. The Labute approximate surface area is 101 Å². The summed E-state index contributed by atoms with van der Waals surface area (Å²) in [5.41, 5.74) is 4.67.